The number of aliphatic carboxylic acids is 1. The van der Waals surface area contributed by atoms with E-state index in [1.807, 2.05) is 6.07 Å². The largest absolute Gasteiger partial charge is 0.490 e. The Bertz CT molecular complexity index is 1020. The van der Waals surface area contributed by atoms with Crippen LogP contribution >= 0.6 is 0 Å². The molecule has 0 saturated carbocycles. The molecule has 4 N–H and O–H groups in total. The van der Waals surface area contributed by atoms with Gasteiger partial charge in [-0.2, -0.15) is 13.2 Å². The number of carbonyl (C=O) groups is 3. The summed E-state index contributed by atoms with van der Waals surface area (Å²) in [5.74, 6) is -2.57. The average Bonchev–Trinajstić information content (AvgIpc) is 3.13. The first-order valence-corrected chi connectivity index (χ1v) is 9.72. The number of carboxylic acid groups (broad SMARTS) is 1. The summed E-state index contributed by atoms with van der Waals surface area (Å²) in [5.41, 5.74) is 7.56. The number of rotatable bonds is 7. The van der Waals surface area contributed by atoms with Crippen LogP contribution in [0.2, 0.25) is 0 Å². The van der Waals surface area contributed by atoms with Crippen molar-refractivity contribution in [3.05, 3.63) is 53.5 Å². The van der Waals surface area contributed by atoms with Gasteiger partial charge in [0.1, 0.15) is 19.0 Å². The number of amides is 2. The summed E-state index contributed by atoms with van der Waals surface area (Å²) in [6.07, 6.45) is -4.40. The van der Waals surface area contributed by atoms with Crippen LogP contribution in [-0.4, -0.2) is 70.4 Å². The van der Waals surface area contributed by atoms with E-state index >= 15 is 0 Å². The van der Waals surface area contributed by atoms with E-state index < -0.39 is 12.1 Å². The van der Waals surface area contributed by atoms with Crippen molar-refractivity contribution in [1.29, 1.82) is 0 Å². The first kappa shape index (κ1) is 26.3. The van der Waals surface area contributed by atoms with Crippen LogP contribution in [0, 0.1) is 0 Å². The van der Waals surface area contributed by atoms with Crippen LogP contribution in [-0.2, 0) is 22.7 Å². The zero-order valence-corrected chi connectivity index (χ0v) is 17.9. The Balaban J connectivity index is 0.000000509. The highest BCUT2D eigenvalue weighted by Gasteiger charge is 2.38. The summed E-state index contributed by atoms with van der Waals surface area (Å²) in [6, 6.07) is 8.77. The number of cyclic esters (lactones) is 1. The maximum atomic E-state index is 12.3. The van der Waals surface area contributed by atoms with Crippen molar-refractivity contribution in [3.63, 3.8) is 0 Å². The van der Waals surface area contributed by atoms with E-state index in [1.165, 1.54) is 11.2 Å². The Morgan fingerprint density at radius 3 is 2.62 bits per heavy atom. The molecule has 1 aromatic carbocycles. The van der Waals surface area contributed by atoms with E-state index in [0.717, 1.165) is 5.56 Å². The molecule has 3 rings (SSSR count). The molecule has 1 unspecified atom stereocenters. The van der Waals surface area contributed by atoms with Crippen molar-refractivity contribution in [2.45, 2.75) is 25.4 Å². The highest BCUT2D eigenvalue weighted by Crippen LogP contribution is 2.13. The first-order valence-electron chi connectivity index (χ1n) is 9.72. The summed E-state index contributed by atoms with van der Waals surface area (Å²) in [5, 5.41) is 9.90. The van der Waals surface area contributed by atoms with Crippen LogP contribution in [0.3, 0.4) is 0 Å². The number of ether oxygens (including phenoxy) is 2. The number of nitrogens with one attached hydrogen (secondary N) is 1. The number of nitrogens with two attached hydrogens (primary N) is 1. The molecule has 1 aliphatic rings. The molecule has 11 nitrogen and oxygen atoms in total. The fourth-order valence-electron chi connectivity index (χ4n) is 2.59. The van der Waals surface area contributed by atoms with Gasteiger partial charge in [0.25, 0.3) is 5.91 Å². The molecule has 2 amide bonds. The maximum Gasteiger partial charge on any atom is 0.490 e. The minimum atomic E-state index is -5.08. The van der Waals surface area contributed by atoms with Crippen molar-refractivity contribution in [1.82, 2.24) is 20.2 Å². The van der Waals surface area contributed by atoms with Gasteiger partial charge in [-0.15, -0.1) is 0 Å². The topological polar surface area (TPSA) is 157 Å². The summed E-state index contributed by atoms with van der Waals surface area (Å²) in [6.45, 7) is 1.28. The van der Waals surface area contributed by atoms with Gasteiger partial charge >= 0.3 is 18.2 Å². The lowest BCUT2D eigenvalue weighted by molar-refractivity contribution is -0.192. The molecular weight excluding hydrogens is 463 g/mol. The van der Waals surface area contributed by atoms with Crippen LogP contribution in [0.1, 0.15) is 21.6 Å². The maximum absolute atomic E-state index is 12.3. The molecule has 14 heteroatoms. The molecule has 0 bridgehead atoms. The Morgan fingerprint density at radius 1 is 1.32 bits per heavy atom. The Hall–Kier alpha value is -3.94. The minimum Gasteiger partial charge on any atom is -0.475 e. The van der Waals surface area contributed by atoms with E-state index in [4.69, 9.17) is 25.1 Å². The molecule has 1 atom stereocenters. The van der Waals surface area contributed by atoms with E-state index in [9.17, 15) is 22.8 Å². The molecule has 0 spiro atoms. The number of halogens is 3. The van der Waals surface area contributed by atoms with Gasteiger partial charge in [-0.25, -0.2) is 19.6 Å². The van der Waals surface area contributed by atoms with Gasteiger partial charge in [-0.05, 0) is 17.7 Å². The van der Waals surface area contributed by atoms with Crippen molar-refractivity contribution in [2.24, 2.45) is 5.73 Å². The SMILES string of the molecule is CN1CC(CNC(=O)c2cccc(COc3cc(CN)ncn3)c2)OC1=O.O=C(O)C(F)(F)F. The number of carboxylic acids is 1. The van der Waals surface area contributed by atoms with Crippen molar-refractivity contribution >= 4 is 18.0 Å². The third-order valence-electron chi connectivity index (χ3n) is 4.27. The quantitative estimate of drug-likeness (QED) is 0.526. The number of hydrogen-bond acceptors (Lipinski definition) is 8. The molecule has 2 aromatic rings. The number of alkyl halides is 3. The third-order valence-corrected chi connectivity index (χ3v) is 4.27. The standard InChI is InChI=1S/C18H21N5O4.C2HF3O2/c1-23-9-15(27-18(23)25)8-20-17(24)13-4-2-3-12(5-13)10-26-16-6-14(7-19)21-11-22-16;3-2(4,5)1(6)7/h2-6,11,15H,7-10,19H2,1H3,(H,20,24);(H,6,7). The van der Waals surface area contributed by atoms with Crippen LogP contribution in [0.4, 0.5) is 18.0 Å². The zero-order valence-electron chi connectivity index (χ0n) is 17.9. The van der Waals surface area contributed by atoms with Gasteiger partial charge in [0.2, 0.25) is 5.88 Å². The predicted molar refractivity (Wildman–Crippen MR) is 110 cm³/mol. The van der Waals surface area contributed by atoms with Gasteiger partial charge in [0.15, 0.2) is 0 Å². The van der Waals surface area contributed by atoms with E-state index in [0.29, 0.717) is 30.2 Å². The third kappa shape index (κ3) is 8.20. The molecule has 1 aliphatic heterocycles. The Labute approximate surface area is 191 Å². The van der Waals surface area contributed by atoms with Crippen molar-refractivity contribution in [2.75, 3.05) is 20.1 Å². The molecular formula is C20H22F3N5O6. The van der Waals surface area contributed by atoms with E-state index in [-0.39, 0.29) is 31.3 Å². The minimum absolute atomic E-state index is 0.241. The van der Waals surface area contributed by atoms with E-state index in [2.05, 4.69) is 15.3 Å². The number of likely N-dealkylation sites (N-methyl/N-ethyl adjacent to an activating group) is 1. The van der Waals surface area contributed by atoms with Gasteiger partial charge in [0.05, 0.1) is 18.8 Å². The van der Waals surface area contributed by atoms with Gasteiger partial charge in [-0.3, -0.25) is 4.79 Å². The molecule has 2 heterocycles. The number of hydrogen-bond donors (Lipinski definition) is 3. The second-order valence-electron chi connectivity index (χ2n) is 6.94. The summed E-state index contributed by atoms with van der Waals surface area (Å²) >= 11 is 0. The molecule has 0 radical (unpaired) electrons. The average molecular weight is 485 g/mol. The summed E-state index contributed by atoms with van der Waals surface area (Å²) in [7, 11) is 1.65. The highest BCUT2D eigenvalue weighted by molar-refractivity contribution is 5.94. The molecule has 1 saturated heterocycles. The van der Waals surface area contributed by atoms with Crippen molar-refractivity contribution < 1.29 is 42.1 Å². The van der Waals surface area contributed by atoms with Crippen LogP contribution in [0.5, 0.6) is 5.88 Å². The molecule has 34 heavy (non-hydrogen) atoms. The number of nitrogens with zero attached hydrogens (tertiary/aromatic N) is 3. The second kappa shape index (κ2) is 11.8. The van der Waals surface area contributed by atoms with Gasteiger partial charge < -0.3 is 30.5 Å². The number of aromatic nitrogens is 2. The molecule has 1 aromatic heterocycles. The monoisotopic (exact) mass is 485 g/mol. The lowest BCUT2D eigenvalue weighted by atomic mass is 10.1. The lowest BCUT2D eigenvalue weighted by Gasteiger charge is -2.11. The number of benzene rings is 1. The van der Waals surface area contributed by atoms with Gasteiger partial charge in [0, 0.05) is 25.2 Å². The van der Waals surface area contributed by atoms with Crippen LogP contribution in [0.15, 0.2) is 36.7 Å². The van der Waals surface area contributed by atoms with E-state index in [1.54, 1.807) is 31.3 Å². The van der Waals surface area contributed by atoms with Gasteiger partial charge in [-0.1, -0.05) is 12.1 Å². The summed E-state index contributed by atoms with van der Waals surface area (Å²) < 4.78 is 42.5. The molecule has 1 fully saturated rings. The molecule has 0 aliphatic carbocycles. The van der Waals surface area contributed by atoms with Crippen LogP contribution in [0.25, 0.3) is 0 Å². The predicted octanol–water partition coefficient (Wildman–Crippen LogP) is 1.33. The lowest BCUT2D eigenvalue weighted by Crippen LogP contribution is -2.34. The van der Waals surface area contributed by atoms with Crippen molar-refractivity contribution in [3.8, 4) is 5.88 Å². The second-order valence-corrected chi connectivity index (χ2v) is 6.94. The first-order chi connectivity index (χ1) is 16.0. The fraction of sp³-hybridized carbons (Fsp3) is 0.350. The fourth-order valence-corrected chi connectivity index (χ4v) is 2.59. The number of carbonyl (C=O) groups excluding carboxylic acids is 2. The highest BCUT2D eigenvalue weighted by atomic mass is 19.4. The zero-order chi connectivity index (χ0) is 25.3. The summed E-state index contributed by atoms with van der Waals surface area (Å²) in [4.78, 5) is 42.1. The Morgan fingerprint density at radius 2 is 2.03 bits per heavy atom. The smallest absolute Gasteiger partial charge is 0.475 e. The van der Waals surface area contributed by atoms with Crippen LogP contribution < -0.4 is 15.8 Å². The Kier molecular flexibility index (Phi) is 9.12. The molecule has 184 valence electrons. The normalized spacial score (nSPS) is 15.1.